The number of benzene rings is 2. The molecule has 0 amide bonds. The number of rotatable bonds is 7. The first-order chi connectivity index (χ1) is 12.2. The maximum atomic E-state index is 11.8. The van der Waals surface area contributed by atoms with Gasteiger partial charge in [-0.2, -0.15) is 0 Å². The van der Waals surface area contributed by atoms with Gasteiger partial charge >= 0.3 is 5.97 Å². The zero-order valence-electron chi connectivity index (χ0n) is 13.4. The summed E-state index contributed by atoms with van der Waals surface area (Å²) in [6.45, 7) is 0.249. The van der Waals surface area contributed by atoms with Gasteiger partial charge in [0.1, 0.15) is 12.9 Å². The van der Waals surface area contributed by atoms with Gasteiger partial charge in [-0.05, 0) is 29.8 Å². The Labute approximate surface area is 155 Å². The monoisotopic (exact) mass is 373 g/mol. The van der Waals surface area contributed by atoms with Crippen LogP contribution in [0.4, 0.5) is 0 Å². The number of hydrogen-bond donors (Lipinski definition) is 0. The van der Waals surface area contributed by atoms with E-state index in [9.17, 15) is 4.79 Å². The second kappa shape index (κ2) is 8.74. The molecular formula is C19H16ClNO3S. The van der Waals surface area contributed by atoms with E-state index in [0.717, 1.165) is 16.8 Å². The molecule has 0 aliphatic rings. The number of aromatic nitrogens is 1. The number of thioether (sulfide) groups is 1. The molecular weight excluding hydrogens is 358 g/mol. The standard InChI is InChI=1S/C19H16ClNO3S/c20-16-8-6-14(7-9-16)10-23-18(22)13-25-12-17-11-24-19(21-17)15-4-2-1-3-5-15/h1-9,11H,10,12-13H2. The lowest BCUT2D eigenvalue weighted by Crippen LogP contribution is -2.07. The van der Waals surface area contributed by atoms with Crippen molar-refractivity contribution in [1.82, 2.24) is 4.98 Å². The van der Waals surface area contributed by atoms with E-state index in [1.54, 1.807) is 18.4 Å². The van der Waals surface area contributed by atoms with Crippen LogP contribution in [0.2, 0.25) is 5.02 Å². The van der Waals surface area contributed by atoms with E-state index in [4.69, 9.17) is 20.8 Å². The van der Waals surface area contributed by atoms with Crippen molar-refractivity contribution in [3.63, 3.8) is 0 Å². The van der Waals surface area contributed by atoms with E-state index in [0.29, 0.717) is 16.7 Å². The Balaban J connectivity index is 1.41. The summed E-state index contributed by atoms with van der Waals surface area (Å²) in [5.41, 5.74) is 2.64. The summed E-state index contributed by atoms with van der Waals surface area (Å²) in [4.78, 5) is 16.2. The molecule has 25 heavy (non-hydrogen) atoms. The summed E-state index contributed by atoms with van der Waals surface area (Å²) in [5.74, 6) is 1.18. The number of esters is 1. The Morgan fingerprint density at radius 3 is 2.64 bits per heavy atom. The summed E-state index contributed by atoms with van der Waals surface area (Å²) >= 11 is 7.26. The molecule has 3 rings (SSSR count). The Morgan fingerprint density at radius 1 is 1.12 bits per heavy atom. The summed E-state index contributed by atoms with van der Waals surface area (Å²) in [7, 11) is 0. The van der Waals surface area contributed by atoms with Crippen LogP contribution in [0.1, 0.15) is 11.3 Å². The van der Waals surface area contributed by atoms with E-state index < -0.39 is 0 Å². The molecule has 3 aromatic rings. The molecule has 6 heteroatoms. The summed E-state index contributed by atoms with van der Waals surface area (Å²) in [5, 5.41) is 0.660. The van der Waals surface area contributed by atoms with Gasteiger partial charge in [0.25, 0.3) is 0 Å². The Bertz CT molecular complexity index is 818. The van der Waals surface area contributed by atoms with Crippen LogP contribution < -0.4 is 0 Å². The Hall–Kier alpha value is -2.24. The van der Waals surface area contributed by atoms with Gasteiger partial charge in [-0.15, -0.1) is 11.8 Å². The van der Waals surface area contributed by atoms with Crippen LogP contribution in [0.25, 0.3) is 11.5 Å². The highest BCUT2D eigenvalue weighted by Crippen LogP contribution is 2.20. The van der Waals surface area contributed by atoms with Crippen molar-refractivity contribution >= 4 is 29.3 Å². The summed E-state index contributed by atoms with van der Waals surface area (Å²) < 4.78 is 10.7. The quantitative estimate of drug-likeness (QED) is 0.547. The number of nitrogens with zero attached hydrogens (tertiary/aromatic N) is 1. The first kappa shape index (κ1) is 17.6. The van der Waals surface area contributed by atoms with Gasteiger partial charge in [-0.3, -0.25) is 4.79 Å². The van der Waals surface area contributed by atoms with Gasteiger partial charge in [0, 0.05) is 16.3 Å². The SMILES string of the molecule is O=C(CSCc1coc(-c2ccccc2)n1)OCc1ccc(Cl)cc1. The number of halogens is 1. The third-order valence-corrected chi connectivity index (χ3v) is 4.55. The molecule has 0 aliphatic carbocycles. The fourth-order valence-electron chi connectivity index (χ4n) is 2.11. The largest absolute Gasteiger partial charge is 0.460 e. The fraction of sp³-hybridized carbons (Fsp3) is 0.158. The zero-order valence-corrected chi connectivity index (χ0v) is 14.9. The highest BCUT2D eigenvalue weighted by atomic mass is 35.5. The van der Waals surface area contributed by atoms with Crippen LogP contribution in [0.3, 0.4) is 0 Å². The molecule has 128 valence electrons. The van der Waals surface area contributed by atoms with Crippen molar-refractivity contribution in [1.29, 1.82) is 0 Å². The number of hydrogen-bond acceptors (Lipinski definition) is 5. The fourth-order valence-corrected chi connectivity index (χ4v) is 2.93. The van der Waals surface area contributed by atoms with Gasteiger partial charge in [-0.1, -0.05) is 41.9 Å². The number of carbonyl (C=O) groups is 1. The summed E-state index contributed by atoms with van der Waals surface area (Å²) in [6.07, 6.45) is 1.62. The third-order valence-electron chi connectivity index (χ3n) is 3.36. The molecule has 0 saturated carbocycles. The van der Waals surface area contributed by atoms with Gasteiger partial charge < -0.3 is 9.15 Å². The van der Waals surface area contributed by atoms with Crippen LogP contribution in [0, 0.1) is 0 Å². The third kappa shape index (κ3) is 5.37. The van der Waals surface area contributed by atoms with Gasteiger partial charge in [-0.25, -0.2) is 4.98 Å². The molecule has 0 fully saturated rings. The van der Waals surface area contributed by atoms with Crippen molar-refractivity contribution in [2.45, 2.75) is 12.4 Å². The summed E-state index contributed by atoms with van der Waals surface area (Å²) in [6, 6.07) is 16.9. The van der Waals surface area contributed by atoms with Crippen LogP contribution in [-0.2, 0) is 21.9 Å². The number of ether oxygens (including phenoxy) is 1. The minimum absolute atomic E-state index is 0.249. The molecule has 2 aromatic carbocycles. The van der Waals surface area contributed by atoms with Crippen molar-refractivity contribution in [2.24, 2.45) is 0 Å². The number of oxazole rings is 1. The molecule has 0 N–H and O–H groups in total. The molecule has 0 radical (unpaired) electrons. The van der Waals surface area contributed by atoms with E-state index in [2.05, 4.69) is 4.98 Å². The van der Waals surface area contributed by atoms with Crippen molar-refractivity contribution in [2.75, 3.05) is 5.75 Å². The average Bonchev–Trinajstić information content (AvgIpc) is 3.11. The molecule has 0 aliphatic heterocycles. The second-order valence-corrected chi connectivity index (χ2v) is 6.71. The first-order valence-electron chi connectivity index (χ1n) is 7.68. The predicted octanol–water partition coefficient (Wildman–Crippen LogP) is 4.97. The lowest BCUT2D eigenvalue weighted by Gasteiger charge is -2.04. The van der Waals surface area contributed by atoms with E-state index in [-0.39, 0.29) is 18.3 Å². The van der Waals surface area contributed by atoms with Crippen LogP contribution in [0.15, 0.2) is 65.3 Å². The zero-order chi connectivity index (χ0) is 17.5. The van der Waals surface area contributed by atoms with E-state index in [1.807, 2.05) is 42.5 Å². The maximum absolute atomic E-state index is 11.8. The van der Waals surface area contributed by atoms with Crippen LogP contribution >= 0.6 is 23.4 Å². The van der Waals surface area contributed by atoms with Gasteiger partial charge in [0.05, 0.1) is 11.4 Å². The molecule has 4 nitrogen and oxygen atoms in total. The lowest BCUT2D eigenvalue weighted by atomic mass is 10.2. The van der Waals surface area contributed by atoms with Crippen molar-refractivity contribution in [3.05, 3.63) is 77.1 Å². The second-order valence-electron chi connectivity index (χ2n) is 5.29. The molecule has 1 aromatic heterocycles. The average molecular weight is 374 g/mol. The highest BCUT2D eigenvalue weighted by Gasteiger charge is 2.08. The Morgan fingerprint density at radius 2 is 1.88 bits per heavy atom. The smallest absolute Gasteiger partial charge is 0.316 e. The van der Waals surface area contributed by atoms with Crippen LogP contribution in [0.5, 0.6) is 0 Å². The van der Waals surface area contributed by atoms with Crippen LogP contribution in [-0.4, -0.2) is 16.7 Å². The lowest BCUT2D eigenvalue weighted by molar-refractivity contribution is -0.141. The minimum Gasteiger partial charge on any atom is -0.460 e. The van der Waals surface area contributed by atoms with E-state index in [1.165, 1.54) is 11.8 Å². The molecule has 0 atom stereocenters. The number of carbonyl (C=O) groups excluding carboxylic acids is 1. The first-order valence-corrected chi connectivity index (χ1v) is 9.21. The molecule has 1 heterocycles. The molecule has 0 spiro atoms. The van der Waals surface area contributed by atoms with Gasteiger partial charge in [0.2, 0.25) is 5.89 Å². The minimum atomic E-state index is -0.258. The Kier molecular flexibility index (Phi) is 6.14. The highest BCUT2D eigenvalue weighted by molar-refractivity contribution is 7.99. The molecule has 0 saturated heterocycles. The van der Waals surface area contributed by atoms with Gasteiger partial charge in [0.15, 0.2) is 0 Å². The van der Waals surface area contributed by atoms with E-state index >= 15 is 0 Å². The molecule has 0 bridgehead atoms. The van der Waals surface area contributed by atoms with Crippen molar-refractivity contribution in [3.8, 4) is 11.5 Å². The normalized spacial score (nSPS) is 10.6. The predicted molar refractivity (Wildman–Crippen MR) is 99.3 cm³/mol. The van der Waals surface area contributed by atoms with Crippen molar-refractivity contribution < 1.29 is 13.9 Å². The topological polar surface area (TPSA) is 52.3 Å². The maximum Gasteiger partial charge on any atom is 0.316 e. The molecule has 0 unspecified atom stereocenters.